The monoisotopic (exact) mass is 310 g/mol. The van der Waals surface area contributed by atoms with Gasteiger partial charge >= 0.3 is 5.97 Å². The van der Waals surface area contributed by atoms with Crippen LogP contribution < -0.4 is 0 Å². The molecule has 0 saturated heterocycles. The molecular weight excluding hydrogens is 296 g/mol. The fraction of sp³-hybridized carbons (Fsp3) is 0.118. The topological polar surface area (TPSA) is 74.4 Å². The van der Waals surface area contributed by atoms with Crippen molar-refractivity contribution < 1.29 is 14.5 Å². The molecule has 0 N–H and O–H groups in total. The summed E-state index contributed by atoms with van der Waals surface area (Å²) in [7, 11) is 1.31. The Labute approximate surface area is 132 Å². The van der Waals surface area contributed by atoms with Crippen molar-refractivity contribution in [3.05, 3.63) is 76.0 Å². The fourth-order valence-corrected chi connectivity index (χ4v) is 2.58. The molecule has 0 radical (unpaired) electrons. The number of rotatable bonds is 4. The minimum absolute atomic E-state index is 0.0127. The minimum atomic E-state index is -0.462. The van der Waals surface area contributed by atoms with Gasteiger partial charge in [0.1, 0.15) is 0 Å². The second kappa shape index (κ2) is 5.92. The molecule has 0 amide bonds. The molecule has 1 heterocycles. The van der Waals surface area contributed by atoms with Gasteiger partial charge in [-0.1, -0.05) is 30.3 Å². The van der Waals surface area contributed by atoms with Crippen molar-refractivity contribution in [2.45, 2.75) is 6.54 Å². The SMILES string of the molecule is COC(=O)c1cn(Cc2ccccc2)c2cc([N+](=O)[O-])ccc12. The van der Waals surface area contributed by atoms with E-state index in [-0.39, 0.29) is 5.69 Å². The van der Waals surface area contributed by atoms with Crippen LogP contribution in [0.25, 0.3) is 10.9 Å². The van der Waals surface area contributed by atoms with Crippen molar-refractivity contribution in [3.8, 4) is 0 Å². The third kappa shape index (κ3) is 2.78. The summed E-state index contributed by atoms with van der Waals surface area (Å²) in [4.78, 5) is 22.5. The highest BCUT2D eigenvalue weighted by Gasteiger charge is 2.18. The predicted octanol–water partition coefficient (Wildman–Crippen LogP) is 3.38. The van der Waals surface area contributed by atoms with E-state index in [0.29, 0.717) is 23.0 Å². The molecule has 6 heteroatoms. The van der Waals surface area contributed by atoms with Gasteiger partial charge in [0.25, 0.3) is 5.69 Å². The van der Waals surface area contributed by atoms with Gasteiger partial charge in [0, 0.05) is 30.3 Å². The van der Waals surface area contributed by atoms with Crippen molar-refractivity contribution in [1.29, 1.82) is 0 Å². The van der Waals surface area contributed by atoms with E-state index in [1.54, 1.807) is 12.3 Å². The van der Waals surface area contributed by atoms with E-state index in [0.717, 1.165) is 5.56 Å². The summed E-state index contributed by atoms with van der Waals surface area (Å²) in [6, 6.07) is 14.1. The lowest BCUT2D eigenvalue weighted by Gasteiger charge is -2.05. The van der Waals surface area contributed by atoms with Crippen LogP contribution in [0.5, 0.6) is 0 Å². The number of ether oxygens (including phenoxy) is 1. The Morgan fingerprint density at radius 1 is 1.22 bits per heavy atom. The van der Waals surface area contributed by atoms with Crippen LogP contribution in [0.2, 0.25) is 0 Å². The first-order valence-corrected chi connectivity index (χ1v) is 6.99. The molecule has 0 spiro atoms. The van der Waals surface area contributed by atoms with Crippen LogP contribution in [0.4, 0.5) is 5.69 Å². The molecule has 0 bridgehead atoms. The summed E-state index contributed by atoms with van der Waals surface area (Å²) in [6.45, 7) is 0.509. The number of hydrogen-bond acceptors (Lipinski definition) is 4. The zero-order valence-electron chi connectivity index (χ0n) is 12.4. The highest BCUT2D eigenvalue weighted by atomic mass is 16.6. The van der Waals surface area contributed by atoms with Gasteiger partial charge in [0.05, 0.1) is 23.1 Å². The average Bonchev–Trinajstić information content (AvgIpc) is 2.93. The second-order valence-electron chi connectivity index (χ2n) is 5.11. The van der Waals surface area contributed by atoms with E-state index >= 15 is 0 Å². The zero-order valence-corrected chi connectivity index (χ0v) is 12.4. The molecule has 1 aromatic heterocycles. The molecule has 3 aromatic rings. The molecule has 0 fully saturated rings. The van der Waals surface area contributed by atoms with E-state index < -0.39 is 10.9 Å². The Morgan fingerprint density at radius 3 is 2.61 bits per heavy atom. The lowest BCUT2D eigenvalue weighted by atomic mass is 10.1. The van der Waals surface area contributed by atoms with Crippen molar-refractivity contribution >= 4 is 22.6 Å². The minimum Gasteiger partial charge on any atom is -0.465 e. The van der Waals surface area contributed by atoms with Crippen LogP contribution in [0.3, 0.4) is 0 Å². The summed E-state index contributed by atoms with van der Waals surface area (Å²) in [5.74, 6) is -0.462. The Kier molecular flexibility index (Phi) is 3.80. The number of hydrogen-bond donors (Lipinski definition) is 0. The van der Waals surface area contributed by atoms with Gasteiger partial charge in [-0.05, 0) is 11.6 Å². The number of fused-ring (bicyclic) bond motifs is 1. The number of esters is 1. The molecule has 0 aliphatic carbocycles. The van der Waals surface area contributed by atoms with Crippen LogP contribution in [0.1, 0.15) is 15.9 Å². The van der Waals surface area contributed by atoms with E-state index in [9.17, 15) is 14.9 Å². The third-order valence-corrected chi connectivity index (χ3v) is 3.68. The molecular formula is C17H14N2O4. The summed E-state index contributed by atoms with van der Waals surface area (Å²) in [5.41, 5.74) is 2.05. The third-order valence-electron chi connectivity index (χ3n) is 3.68. The zero-order chi connectivity index (χ0) is 16.4. The quantitative estimate of drug-likeness (QED) is 0.420. The molecule has 23 heavy (non-hydrogen) atoms. The van der Waals surface area contributed by atoms with E-state index in [4.69, 9.17) is 4.74 Å². The molecule has 0 atom stereocenters. The van der Waals surface area contributed by atoms with Crippen molar-refractivity contribution in [3.63, 3.8) is 0 Å². The van der Waals surface area contributed by atoms with Gasteiger partial charge in [-0.3, -0.25) is 10.1 Å². The van der Waals surface area contributed by atoms with Gasteiger partial charge in [0.2, 0.25) is 0 Å². The maximum Gasteiger partial charge on any atom is 0.340 e. The van der Waals surface area contributed by atoms with E-state index in [2.05, 4.69) is 0 Å². The smallest absolute Gasteiger partial charge is 0.340 e. The van der Waals surface area contributed by atoms with Crippen LogP contribution in [0, 0.1) is 10.1 Å². The largest absolute Gasteiger partial charge is 0.465 e. The Balaban J connectivity index is 2.16. The number of non-ortho nitro benzene ring substituents is 1. The van der Waals surface area contributed by atoms with Crippen LogP contribution in [0.15, 0.2) is 54.7 Å². The molecule has 6 nitrogen and oxygen atoms in total. The standard InChI is InChI=1S/C17H14N2O4/c1-23-17(20)15-11-18(10-12-5-3-2-4-6-12)16-9-13(19(21)22)7-8-14(15)16/h2-9,11H,10H2,1H3. The highest BCUT2D eigenvalue weighted by molar-refractivity contribution is 6.04. The maximum atomic E-state index is 11.9. The average molecular weight is 310 g/mol. The fourth-order valence-electron chi connectivity index (χ4n) is 2.58. The number of carbonyl (C=O) groups is 1. The molecule has 0 unspecified atom stereocenters. The van der Waals surface area contributed by atoms with Gasteiger partial charge in [-0.25, -0.2) is 4.79 Å². The number of aromatic nitrogens is 1. The van der Waals surface area contributed by atoms with Gasteiger partial charge in [-0.15, -0.1) is 0 Å². The molecule has 0 aliphatic heterocycles. The maximum absolute atomic E-state index is 11.9. The summed E-state index contributed by atoms with van der Waals surface area (Å²) >= 11 is 0. The molecule has 3 rings (SSSR count). The Morgan fingerprint density at radius 2 is 1.96 bits per heavy atom. The van der Waals surface area contributed by atoms with E-state index in [1.807, 2.05) is 34.9 Å². The highest BCUT2D eigenvalue weighted by Crippen LogP contribution is 2.27. The number of nitro groups is 1. The van der Waals surface area contributed by atoms with Crippen LogP contribution in [-0.2, 0) is 11.3 Å². The van der Waals surface area contributed by atoms with Gasteiger partial charge in [0.15, 0.2) is 0 Å². The molecule has 116 valence electrons. The number of nitrogens with zero attached hydrogens (tertiary/aromatic N) is 2. The lowest BCUT2D eigenvalue weighted by Crippen LogP contribution is -2.01. The van der Waals surface area contributed by atoms with Gasteiger partial charge < -0.3 is 9.30 Å². The first-order chi connectivity index (χ1) is 11.1. The summed E-state index contributed by atoms with van der Waals surface area (Å²) in [5, 5.41) is 11.7. The first-order valence-electron chi connectivity index (χ1n) is 6.99. The van der Waals surface area contributed by atoms with E-state index in [1.165, 1.54) is 19.2 Å². The number of carbonyl (C=O) groups excluding carboxylic acids is 1. The number of benzene rings is 2. The first kappa shape index (κ1) is 14.8. The van der Waals surface area contributed by atoms with Gasteiger partial charge in [-0.2, -0.15) is 0 Å². The summed E-state index contributed by atoms with van der Waals surface area (Å²) < 4.78 is 6.62. The van der Waals surface area contributed by atoms with Crippen molar-refractivity contribution in [1.82, 2.24) is 4.57 Å². The Hall–Kier alpha value is -3.15. The number of nitro benzene ring substituents is 1. The molecule has 2 aromatic carbocycles. The van der Waals surface area contributed by atoms with Crippen molar-refractivity contribution in [2.75, 3.05) is 7.11 Å². The Bertz CT molecular complexity index is 884. The predicted molar refractivity (Wildman–Crippen MR) is 85.5 cm³/mol. The molecule has 0 aliphatic rings. The van der Waals surface area contributed by atoms with Crippen molar-refractivity contribution in [2.24, 2.45) is 0 Å². The van der Waals surface area contributed by atoms with Crippen LogP contribution in [-0.4, -0.2) is 22.6 Å². The number of methoxy groups -OCH3 is 1. The lowest BCUT2D eigenvalue weighted by molar-refractivity contribution is -0.384. The normalized spacial score (nSPS) is 10.7. The second-order valence-corrected chi connectivity index (χ2v) is 5.11. The molecule has 0 saturated carbocycles. The van der Waals surface area contributed by atoms with Crippen LogP contribution >= 0.6 is 0 Å². The summed E-state index contributed by atoms with van der Waals surface area (Å²) in [6.07, 6.45) is 1.67.